The fraction of sp³-hybridized carbons (Fsp3) is 0.379. The SMILES string of the molecule is CC(=O)c1ccc2c(C3=CC4=C[C@]5(C=CO4)CCCN=C35)c([C@H](OC(C)(C)C)C(=O)O)c(C)cc2n1. The number of aliphatic imine (C=N–C) groups is 1. The van der Waals surface area contributed by atoms with Gasteiger partial charge >= 0.3 is 5.97 Å². The minimum absolute atomic E-state index is 0.134. The molecule has 1 N–H and O–H groups in total. The van der Waals surface area contributed by atoms with Crippen LogP contribution in [0.15, 0.2) is 53.4 Å². The zero-order valence-electron chi connectivity index (χ0n) is 21.2. The lowest BCUT2D eigenvalue weighted by Gasteiger charge is -2.39. The number of aryl methyl sites for hydroxylation is 1. The van der Waals surface area contributed by atoms with E-state index in [2.05, 4.69) is 11.1 Å². The molecule has 0 amide bonds. The zero-order valence-corrected chi connectivity index (χ0v) is 21.2. The average molecular weight is 487 g/mol. The lowest BCUT2D eigenvalue weighted by atomic mass is 9.68. The summed E-state index contributed by atoms with van der Waals surface area (Å²) in [5.74, 6) is -0.509. The van der Waals surface area contributed by atoms with Crippen LogP contribution in [-0.2, 0) is 14.3 Å². The van der Waals surface area contributed by atoms with Crippen molar-refractivity contribution in [3.05, 3.63) is 70.8 Å². The molecule has 2 bridgehead atoms. The van der Waals surface area contributed by atoms with E-state index >= 15 is 0 Å². The van der Waals surface area contributed by atoms with E-state index in [9.17, 15) is 14.7 Å². The summed E-state index contributed by atoms with van der Waals surface area (Å²) in [6.45, 7) is 9.56. The fourth-order valence-electron chi connectivity index (χ4n) is 5.35. The summed E-state index contributed by atoms with van der Waals surface area (Å²) in [5.41, 5.74) is 3.55. The molecule has 2 aliphatic heterocycles. The van der Waals surface area contributed by atoms with E-state index in [-0.39, 0.29) is 5.78 Å². The lowest BCUT2D eigenvalue weighted by molar-refractivity contribution is -0.160. The first-order chi connectivity index (χ1) is 17.0. The number of aliphatic carboxylic acids is 1. The third-order valence-corrected chi connectivity index (χ3v) is 6.80. The van der Waals surface area contributed by atoms with Gasteiger partial charge in [0.15, 0.2) is 11.9 Å². The number of pyridine rings is 1. The van der Waals surface area contributed by atoms with Crippen molar-refractivity contribution in [2.75, 3.05) is 6.54 Å². The Labute approximate surface area is 210 Å². The van der Waals surface area contributed by atoms with E-state index in [1.807, 2.05) is 52.0 Å². The number of nitrogens with zero attached hydrogens (tertiary/aromatic N) is 2. The summed E-state index contributed by atoms with van der Waals surface area (Å²) < 4.78 is 11.9. The maximum Gasteiger partial charge on any atom is 0.337 e. The Morgan fingerprint density at radius 3 is 2.72 bits per heavy atom. The predicted octanol–water partition coefficient (Wildman–Crippen LogP) is 5.73. The van der Waals surface area contributed by atoms with Crippen LogP contribution in [0.3, 0.4) is 0 Å². The maximum absolute atomic E-state index is 12.6. The molecular formula is C29H30N2O5. The van der Waals surface area contributed by atoms with Gasteiger partial charge in [0.1, 0.15) is 11.5 Å². The molecule has 0 radical (unpaired) electrons. The number of ether oxygens (including phenoxy) is 2. The molecule has 0 saturated heterocycles. The number of Topliss-reactive ketones (excluding diaryl/α,β-unsaturated/α-hetero) is 1. The molecule has 1 aromatic carbocycles. The van der Waals surface area contributed by atoms with Gasteiger partial charge in [-0.3, -0.25) is 9.79 Å². The van der Waals surface area contributed by atoms with Crippen LogP contribution in [0.1, 0.15) is 73.8 Å². The largest absolute Gasteiger partial charge is 0.479 e. The average Bonchev–Trinajstić information content (AvgIpc) is 2.80. The Bertz CT molecular complexity index is 1420. The third-order valence-electron chi connectivity index (χ3n) is 6.80. The number of carbonyl (C=O) groups excluding carboxylic acids is 1. The highest BCUT2D eigenvalue weighted by Crippen LogP contribution is 2.48. The van der Waals surface area contributed by atoms with Gasteiger partial charge in [-0.05, 0) is 88.1 Å². The molecule has 1 spiro atoms. The predicted molar refractivity (Wildman–Crippen MR) is 138 cm³/mol. The maximum atomic E-state index is 12.6. The summed E-state index contributed by atoms with van der Waals surface area (Å²) in [6, 6.07) is 5.37. The second-order valence-electron chi connectivity index (χ2n) is 10.6. The fourth-order valence-corrected chi connectivity index (χ4v) is 5.35. The highest BCUT2D eigenvalue weighted by Gasteiger charge is 2.43. The smallest absolute Gasteiger partial charge is 0.337 e. The Morgan fingerprint density at radius 1 is 1.25 bits per heavy atom. The van der Waals surface area contributed by atoms with Crippen molar-refractivity contribution in [2.24, 2.45) is 10.4 Å². The molecule has 5 rings (SSSR count). The number of ketones is 1. The van der Waals surface area contributed by atoms with Crippen LogP contribution in [0.2, 0.25) is 0 Å². The molecule has 7 heteroatoms. The van der Waals surface area contributed by atoms with Crippen molar-refractivity contribution in [1.82, 2.24) is 4.98 Å². The first kappa shape index (κ1) is 24.1. The number of allylic oxidation sites excluding steroid dienone is 4. The summed E-state index contributed by atoms with van der Waals surface area (Å²) in [7, 11) is 0. The molecule has 2 atom stereocenters. The van der Waals surface area contributed by atoms with Crippen LogP contribution in [0.5, 0.6) is 0 Å². The highest BCUT2D eigenvalue weighted by molar-refractivity contribution is 6.32. The number of hydrogen-bond donors (Lipinski definition) is 1. The lowest BCUT2D eigenvalue weighted by Crippen LogP contribution is -2.36. The summed E-state index contributed by atoms with van der Waals surface area (Å²) in [4.78, 5) is 34.3. The highest BCUT2D eigenvalue weighted by atomic mass is 16.5. The summed E-state index contributed by atoms with van der Waals surface area (Å²) in [6.07, 6.45) is 8.38. The van der Waals surface area contributed by atoms with Crippen LogP contribution in [0.4, 0.5) is 0 Å². The van der Waals surface area contributed by atoms with Gasteiger partial charge in [-0.1, -0.05) is 0 Å². The number of hydrogen-bond acceptors (Lipinski definition) is 6. The molecule has 7 nitrogen and oxygen atoms in total. The second kappa shape index (κ2) is 8.52. The van der Waals surface area contributed by atoms with Crippen molar-refractivity contribution in [1.29, 1.82) is 0 Å². The van der Waals surface area contributed by atoms with Gasteiger partial charge in [0.2, 0.25) is 0 Å². The normalized spacial score (nSPS) is 21.6. The van der Waals surface area contributed by atoms with Gasteiger partial charge in [0.05, 0.1) is 28.5 Å². The standard InChI is InChI=1S/C29H30N2O5/c1-16-13-22-19(7-8-21(31-22)17(2)32)24(23(16)25(27(33)34)36-28(3,4)5)20-14-18-15-29(10-12-35-18)9-6-11-30-26(20)29/h7-8,10,12-15,25H,6,9,11H2,1-5H3,(H,33,34)/t25-,29+/m0/s1. The number of carbonyl (C=O) groups is 2. The van der Waals surface area contributed by atoms with Gasteiger partial charge in [-0.25, -0.2) is 9.78 Å². The third kappa shape index (κ3) is 4.07. The molecule has 0 unspecified atom stereocenters. The van der Waals surface area contributed by atoms with E-state index in [1.165, 1.54) is 6.92 Å². The van der Waals surface area contributed by atoms with E-state index in [0.717, 1.165) is 35.1 Å². The van der Waals surface area contributed by atoms with E-state index in [0.29, 0.717) is 34.6 Å². The van der Waals surface area contributed by atoms with E-state index < -0.39 is 23.1 Å². The van der Waals surface area contributed by atoms with Gasteiger partial charge < -0.3 is 14.6 Å². The van der Waals surface area contributed by atoms with Crippen LogP contribution in [-0.4, -0.2) is 39.7 Å². The molecule has 186 valence electrons. The topological polar surface area (TPSA) is 98.1 Å². The van der Waals surface area contributed by atoms with Crippen molar-refractivity contribution in [2.45, 2.75) is 59.2 Å². The zero-order chi connectivity index (χ0) is 25.8. The second-order valence-corrected chi connectivity index (χ2v) is 10.6. The molecule has 1 aromatic heterocycles. The molecule has 36 heavy (non-hydrogen) atoms. The summed E-state index contributed by atoms with van der Waals surface area (Å²) >= 11 is 0. The number of carboxylic acid groups (broad SMARTS) is 1. The monoisotopic (exact) mass is 486 g/mol. The Balaban J connectivity index is 1.86. The number of rotatable bonds is 5. The summed E-state index contributed by atoms with van der Waals surface area (Å²) in [5, 5.41) is 11.1. The number of benzene rings is 1. The quantitative estimate of drug-likeness (QED) is 0.542. The Kier molecular flexibility index (Phi) is 5.71. The molecular weight excluding hydrogens is 456 g/mol. The first-order valence-corrected chi connectivity index (χ1v) is 12.2. The van der Waals surface area contributed by atoms with E-state index in [1.54, 1.807) is 12.3 Å². The number of carboxylic acids is 1. The van der Waals surface area contributed by atoms with Crippen LogP contribution >= 0.6 is 0 Å². The van der Waals surface area contributed by atoms with Crippen molar-refractivity contribution in [3.8, 4) is 0 Å². The van der Waals surface area contributed by atoms with Gasteiger partial charge in [0, 0.05) is 30.0 Å². The minimum atomic E-state index is -1.22. The molecule has 3 heterocycles. The molecule has 1 aliphatic carbocycles. The number of fused-ring (bicyclic) bond motifs is 1. The molecule has 0 saturated carbocycles. The number of aromatic nitrogens is 1. The Morgan fingerprint density at radius 2 is 2.03 bits per heavy atom. The van der Waals surface area contributed by atoms with Crippen LogP contribution < -0.4 is 0 Å². The van der Waals surface area contributed by atoms with Crippen molar-refractivity contribution in [3.63, 3.8) is 0 Å². The van der Waals surface area contributed by atoms with Gasteiger partial charge in [-0.15, -0.1) is 0 Å². The minimum Gasteiger partial charge on any atom is -0.479 e. The van der Waals surface area contributed by atoms with Crippen LogP contribution in [0.25, 0.3) is 16.5 Å². The van der Waals surface area contributed by atoms with Gasteiger partial charge in [-0.2, -0.15) is 0 Å². The van der Waals surface area contributed by atoms with Crippen molar-refractivity contribution >= 4 is 33.9 Å². The molecule has 0 fully saturated rings. The molecule has 3 aliphatic rings. The van der Waals surface area contributed by atoms with Crippen molar-refractivity contribution < 1.29 is 24.2 Å². The Hall–Kier alpha value is -3.58. The van der Waals surface area contributed by atoms with E-state index in [4.69, 9.17) is 14.5 Å². The van der Waals surface area contributed by atoms with Gasteiger partial charge in [0.25, 0.3) is 0 Å². The van der Waals surface area contributed by atoms with Crippen LogP contribution in [0, 0.1) is 12.3 Å². The molecule has 2 aromatic rings. The first-order valence-electron chi connectivity index (χ1n) is 12.2.